The number of rotatable bonds is 4. The highest BCUT2D eigenvalue weighted by Gasteiger charge is 2.37. The van der Waals surface area contributed by atoms with E-state index in [-0.39, 0.29) is 11.6 Å². The first-order chi connectivity index (χ1) is 7.67. The summed E-state index contributed by atoms with van der Waals surface area (Å²) in [7, 11) is 0.117. The molecule has 1 rings (SSSR count). The fraction of sp³-hybridized carbons (Fsp3) is 0.750. The lowest BCUT2D eigenvalue weighted by molar-refractivity contribution is 0.269. The molecule has 0 bridgehead atoms. The maximum Gasteiger partial charge on any atom is 0.192 e. The van der Waals surface area contributed by atoms with Gasteiger partial charge in [-0.1, -0.05) is 20.8 Å². The van der Waals surface area contributed by atoms with Crippen LogP contribution in [0.1, 0.15) is 32.2 Å². The summed E-state index contributed by atoms with van der Waals surface area (Å²) in [4.78, 5) is 0. The van der Waals surface area contributed by atoms with Crippen molar-refractivity contribution in [3.05, 3.63) is 17.5 Å². The summed E-state index contributed by atoms with van der Waals surface area (Å²) in [5, 5.41) is 13.6. The van der Waals surface area contributed by atoms with Crippen molar-refractivity contribution in [2.45, 2.75) is 52.1 Å². The van der Waals surface area contributed by atoms with Crippen LogP contribution in [0.3, 0.4) is 0 Å². The molecule has 1 N–H and O–H groups in total. The third kappa shape index (κ3) is 3.40. The average molecular weight is 256 g/mol. The van der Waals surface area contributed by atoms with Crippen molar-refractivity contribution in [2.24, 2.45) is 7.05 Å². The van der Waals surface area contributed by atoms with Gasteiger partial charge in [0.1, 0.15) is 0 Å². The van der Waals surface area contributed by atoms with Gasteiger partial charge in [0.05, 0.1) is 24.6 Å². The fourth-order valence-corrected chi connectivity index (χ4v) is 2.20. The topological polar surface area (TPSA) is 47.3 Å². The van der Waals surface area contributed by atoms with Gasteiger partial charge in [-0.3, -0.25) is 4.68 Å². The van der Waals surface area contributed by atoms with Crippen LogP contribution in [0.15, 0.2) is 6.07 Å². The van der Waals surface area contributed by atoms with Crippen molar-refractivity contribution >= 4 is 8.32 Å². The standard InChI is InChI=1S/C12H24N2O2Si/c1-12(2,3)17(5,6)16-9-10-7-11(8-15)14(4)13-10/h7,15H,8-9H2,1-6H3. The molecule has 0 aromatic carbocycles. The maximum absolute atomic E-state index is 9.10. The Morgan fingerprint density at radius 2 is 2.00 bits per heavy atom. The van der Waals surface area contributed by atoms with Gasteiger partial charge in [-0.2, -0.15) is 5.10 Å². The van der Waals surface area contributed by atoms with Gasteiger partial charge in [0.25, 0.3) is 0 Å². The molecule has 0 amide bonds. The summed E-state index contributed by atoms with van der Waals surface area (Å²) in [6, 6.07) is 1.90. The highest BCUT2D eigenvalue weighted by Crippen LogP contribution is 2.36. The molecule has 1 aromatic rings. The molecular formula is C12H24N2O2Si. The molecule has 0 atom stereocenters. The quantitative estimate of drug-likeness (QED) is 0.842. The van der Waals surface area contributed by atoms with E-state index in [0.717, 1.165) is 11.4 Å². The lowest BCUT2D eigenvalue weighted by Gasteiger charge is -2.35. The van der Waals surface area contributed by atoms with Crippen LogP contribution >= 0.6 is 0 Å². The first-order valence-corrected chi connectivity index (χ1v) is 8.85. The van der Waals surface area contributed by atoms with Crippen LogP contribution in [0.2, 0.25) is 18.1 Å². The van der Waals surface area contributed by atoms with E-state index in [0.29, 0.717) is 6.61 Å². The lowest BCUT2D eigenvalue weighted by Crippen LogP contribution is -2.40. The smallest absolute Gasteiger partial charge is 0.192 e. The van der Waals surface area contributed by atoms with E-state index in [2.05, 4.69) is 39.0 Å². The van der Waals surface area contributed by atoms with Gasteiger partial charge in [0.2, 0.25) is 0 Å². The molecule has 0 fully saturated rings. The first-order valence-electron chi connectivity index (χ1n) is 5.94. The molecule has 5 heteroatoms. The van der Waals surface area contributed by atoms with Gasteiger partial charge in [-0.05, 0) is 24.2 Å². The van der Waals surface area contributed by atoms with Crippen molar-refractivity contribution in [1.82, 2.24) is 9.78 Å². The van der Waals surface area contributed by atoms with Crippen molar-refractivity contribution < 1.29 is 9.53 Å². The minimum absolute atomic E-state index is 0.0175. The van der Waals surface area contributed by atoms with E-state index in [1.807, 2.05) is 13.1 Å². The van der Waals surface area contributed by atoms with Gasteiger partial charge >= 0.3 is 0 Å². The Bertz CT molecular complexity index is 380. The SMILES string of the molecule is Cn1nc(CO[Si](C)(C)C(C)(C)C)cc1CO. The van der Waals surface area contributed by atoms with Crippen molar-refractivity contribution in [1.29, 1.82) is 0 Å². The van der Waals surface area contributed by atoms with E-state index in [1.54, 1.807) is 4.68 Å². The molecule has 0 aliphatic heterocycles. The van der Waals surface area contributed by atoms with E-state index in [1.165, 1.54) is 0 Å². The summed E-state index contributed by atoms with van der Waals surface area (Å²) in [5.41, 5.74) is 1.71. The molecule has 98 valence electrons. The van der Waals surface area contributed by atoms with Crippen LogP contribution in [0, 0.1) is 0 Å². The fourth-order valence-electron chi connectivity index (χ4n) is 1.26. The molecular weight excluding hydrogens is 232 g/mol. The van der Waals surface area contributed by atoms with Crippen molar-refractivity contribution in [2.75, 3.05) is 0 Å². The molecule has 1 aromatic heterocycles. The third-order valence-corrected chi connectivity index (χ3v) is 8.05. The van der Waals surface area contributed by atoms with Gasteiger partial charge in [0, 0.05) is 7.05 Å². The number of aryl methyl sites for hydroxylation is 1. The summed E-state index contributed by atoms with van der Waals surface area (Å²) in [5.74, 6) is 0. The molecule has 0 aliphatic carbocycles. The normalized spacial score (nSPS) is 13.1. The summed E-state index contributed by atoms with van der Waals surface area (Å²) >= 11 is 0. The summed E-state index contributed by atoms with van der Waals surface area (Å²) in [6.45, 7) is 11.7. The molecule has 4 nitrogen and oxygen atoms in total. The number of hydrogen-bond donors (Lipinski definition) is 1. The van der Waals surface area contributed by atoms with Gasteiger partial charge < -0.3 is 9.53 Å². The van der Waals surface area contributed by atoms with Crippen LogP contribution in [-0.4, -0.2) is 23.2 Å². The Labute approximate surface area is 105 Å². The van der Waals surface area contributed by atoms with E-state index >= 15 is 0 Å². The Morgan fingerprint density at radius 3 is 2.41 bits per heavy atom. The minimum atomic E-state index is -1.72. The van der Waals surface area contributed by atoms with Gasteiger partial charge in [-0.15, -0.1) is 0 Å². The predicted octanol–water partition coefficient (Wildman–Crippen LogP) is 2.43. The minimum Gasteiger partial charge on any atom is -0.411 e. The van der Waals surface area contributed by atoms with Crippen LogP contribution in [0.4, 0.5) is 0 Å². The third-order valence-electron chi connectivity index (χ3n) is 3.58. The largest absolute Gasteiger partial charge is 0.411 e. The zero-order valence-electron chi connectivity index (χ0n) is 11.7. The van der Waals surface area contributed by atoms with Gasteiger partial charge in [0.15, 0.2) is 8.32 Å². The summed E-state index contributed by atoms with van der Waals surface area (Å²) < 4.78 is 7.77. The molecule has 0 saturated carbocycles. The zero-order valence-corrected chi connectivity index (χ0v) is 12.7. The molecule has 1 heterocycles. The van der Waals surface area contributed by atoms with Crippen LogP contribution < -0.4 is 0 Å². The van der Waals surface area contributed by atoms with Crippen LogP contribution in [-0.2, 0) is 24.7 Å². The lowest BCUT2D eigenvalue weighted by atomic mass is 10.2. The Balaban J connectivity index is 2.67. The number of aliphatic hydroxyl groups excluding tert-OH is 1. The number of aliphatic hydroxyl groups is 1. The highest BCUT2D eigenvalue weighted by atomic mass is 28.4. The molecule has 0 radical (unpaired) electrons. The zero-order chi connectivity index (χ0) is 13.3. The van der Waals surface area contributed by atoms with E-state index < -0.39 is 8.32 Å². The molecule has 17 heavy (non-hydrogen) atoms. The molecule has 0 aliphatic rings. The second kappa shape index (κ2) is 4.92. The average Bonchev–Trinajstić information content (AvgIpc) is 2.54. The summed E-state index contributed by atoms with van der Waals surface area (Å²) in [6.07, 6.45) is 0. The second-order valence-electron chi connectivity index (χ2n) is 5.96. The van der Waals surface area contributed by atoms with E-state index in [4.69, 9.17) is 9.53 Å². The first kappa shape index (κ1) is 14.4. The second-order valence-corrected chi connectivity index (χ2v) is 10.8. The van der Waals surface area contributed by atoms with Crippen LogP contribution in [0.5, 0.6) is 0 Å². The molecule has 0 saturated heterocycles. The maximum atomic E-state index is 9.10. The van der Waals surface area contributed by atoms with Gasteiger partial charge in [-0.25, -0.2) is 0 Å². The van der Waals surface area contributed by atoms with Crippen molar-refractivity contribution in [3.63, 3.8) is 0 Å². The van der Waals surface area contributed by atoms with Crippen molar-refractivity contribution in [3.8, 4) is 0 Å². The molecule has 0 spiro atoms. The predicted molar refractivity (Wildman–Crippen MR) is 71.1 cm³/mol. The Morgan fingerprint density at radius 1 is 1.41 bits per heavy atom. The van der Waals surface area contributed by atoms with Crippen LogP contribution in [0.25, 0.3) is 0 Å². The monoisotopic (exact) mass is 256 g/mol. The highest BCUT2D eigenvalue weighted by molar-refractivity contribution is 6.74. The number of aromatic nitrogens is 2. The Kier molecular flexibility index (Phi) is 4.17. The Hall–Kier alpha value is -0.653. The van der Waals surface area contributed by atoms with E-state index in [9.17, 15) is 0 Å². The number of hydrogen-bond acceptors (Lipinski definition) is 3. The molecule has 0 unspecified atom stereocenters. The number of nitrogens with zero attached hydrogens (tertiary/aromatic N) is 2.